The van der Waals surface area contributed by atoms with Crippen LogP contribution in [-0.2, 0) is 24.8 Å². The van der Waals surface area contributed by atoms with Crippen molar-refractivity contribution in [3.63, 3.8) is 0 Å². The molecule has 1 atom stereocenters. The van der Waals surface area contributed by atoms with Gasteiger partial charge in [-0.05, 0) is 26.3 Å². The summed E-state index contributed by atoms with van der Waals surface area (Å²) in [5.41, 5.74) is 1.71. The smallest absolute Gasteiger partial charge is 0.266 e. The van der Waals surface area contributed by atoms with E-state index in [1.54, 1.807) is 30.1 Å². The van der Waals surface area contributed by atoms with Crippen LogP contribution < -0.4 is 10.9 Å². The maximum absolute atomic E-state index is 12.6. The molecule has 0 saturated heterocycles. The summed E-state index contributed by atoms with van der Waals surface area (Å²) in [6.45, 7) is 7.19. The van der Waals surface area contributed by atoms with E-state index in [0.29, 0.717) is 12.4 Å². The third-order valence-corrected chi connectivity index (χ3v) is 4.61. The normalized spacial score (nSPS) is 15.9. The predicted octanol–water partition coefficient (Wildman–Crippen LogP) is 0.943. The molecule has 1 aliphatic rings. The second-order valence-electron chi connectivity index (χ2n) is 6.72. The van der Waals surface area contributed by atoms with Crippen LogP contribution in [0.1, 0.15) is 38.1 Å². The molecular formula is C17H24N6O2. The molecule has 0 fully saturated rings. The van der Waals surface area contributed by atoms with Gasteiger partial charge in [0.05, 0.1) is 17.9 Å². The number of nitrogens with one attached hydrogen (secondary N) is 1. The summed E-state index contributed by atoms with van der Waals surface area (Å²) < 4.78 is 3.14. The molecule has 8 nitrogen and oxygen atoms in total. The maximum atomic E-state index is 12.6. The Hall–Kier alpha value is -2.48. The molecule has 0 aromatic carbocycles. The summed E-state index contributed by atoms with van der Waals surface area (Å²) in [6, 6.07) is 3.27. The number of amides is 1. The molecule has 1 amide bonds. The van der Waals surface area contributed by atoms with E-state index in [-0.39, 0.29) is 23.6 Å². The lowest BCUT2D eigenvalue weighted by molar-refractivity contribution is -0.121. The standard InChI is InChI=1S/C17H24N6O2/c1-11(2)23-15(5-7-18-23)19-17(25)12(3)22-8-6-14-13(10-22)9-16(24)21(4)20-14/h5,7,9,11-12H,6,8,10H2,1-4H3,(H,19,25)/t12-/m0/s1. The van der Waals surface area contributed by atoms with Crippen molar-refractivity contribution in [2.75, 3.05) is 11.9 Å². The van der Waals surface area contributed by atoms with Crippen LogP contribution in [0, 0.1) is 0 Å². The van der Waals surface area contributed by atoms with Crippen molar-refractivity contribution in [2.45, 2.75) is 45.8 Å². The Morgan fingerprint density at radius 3 is 2.80 bits per heavy atom. The summed E-state index contributed by atoms with van der Waals surface area (Å²) in [5, 5.41) is 11.5. The van der Waals surface area contributed by atoms with Gasteiger partial charge in [0, 0.05) is 44.7 Å². The van der Waals surface area contributed by atoms with Gasteiger partial charge in [-0.3, -0.25) is 14.5 Å². The van der Waals surface area contributed by atoms with Gasteiger partial charge in [0.2, 0.25) is 5.91 Å². The first-order chi connectivity index (χ1) is 11.9. The summed E-state index contributed by atoms with van der Waals surface area (Å²) >= 11 is 0. The van der Waals surface area contributed by atoms with Crippen LogP contribution in [0.25, 0.3) is 0 Å². The number of aryl methyl sites for hydroxylation is 1. The van der Waals surface area contributed by atoms with Crippen LogP contribution in [0.2, 0.25) is 0 Å². The monoisotopic (exact) mass is 344 g/mol. The van der Waals surface area contributed by atoms with Crippen LogP contribution in [0.15, 0.2) is 23.1 Å². The molecule has 0 aliphatic carbocycles. The minimum Gasteiger partial charge on any atom is -0.310 e. The Balaban J connectivity index is 1.71. The minimum atomic E-state index is -0.312. The number of hydrogen-bond donors (Lipinski definition) is 1. The lowest BCUT2D eigenvalue weighted by Crippen LogP contribution is -2.45. The van der Waals surface area contributed by atoms with E-state index in [1.165, 1.54) is 4.68 Å². The van der Waals surface area contributed by atoms with Crippen molar-refractivity contribution in [2.24, 2.45) is 7.05 Å². The fourth-order valence-corrected chi connectivity index (χ4v) is 3.07. The van der Waals surface area contributed by atoms with E-state index < -0.39 is 0 Å². The van der Waals surface area contributed by atoms with Crippen LogP contribution in [0.5, 0.6) is 0 Å². The molecule has 1 N–H and O–H groups in total. The Labute approximate surface area is 146 Å². The number of aromatic nitrogens is 4. The zero-order valence-electron chi connectivity index (χ0n) is 15.1. The second-order valence-corrected chi connectivity index (χ2v) is 6.72. The number of hydrogen-bond acceptors (Lipinski definition) is 5. The highest BCUT2D eigenvalue weighted by atomic mass is 16.2. The molecular weight excluding hydrogens is 320 g/mol. The Kier molecular flexibility index (Phi) is 4.71. The molecule has 0 radical (unpaired) electrons. The first-order valence-electron chi connectivity index (χ1n) is 8.51. The number of anilines is 1. The third kappa shape index (κ3) is 3.48. The molecule has 2 aromatic rings. The molecule has 2 aromatic heterocycles. The molecule has 134 valence electrons. The molecule has 8 heteroatoms. The molecule has 25 heavy (non-hydrogen) atoms. The first kappa shape index (κ1) is 17.3. The molecule has 3 rings (SSSR count). The van der Waals surface area contributed by atoms with Crippen molar-refractivity contribution < 1.29 is 4.79 Å². The van der Waals surface area contributed by atoms with Crippen LogP contribution in [0.4, 0.5) is 5.82 Å². The molecule has 3 heterocycles. The van der Waals surface area contributed by atoms with Gasteiger partial charge in [-0.2, -0.15) is 10.2 Å². The molecule has 0 bridgehead atoms. The topological polar surface area (TPSA) is 85.1 Å². The van der Waals surface area contributed by atoms with Crippen molar-refractivity contribution in [1.82, 2.24) is 24.5 Å². The predicted molar refractivity (Wildman–Crippen MR) is 94.3 cm³/mol. The summed E-state index contributed by atoms with van der Waals surface area (Å²) in [4.78, 5) is 26.5. The van der Waals surface area contributed by atoms with Gasteiger partial charge in [0.1, 0.15) is 5.82 Å². The Morgan fingerprint density at radius 1 is 1.32 bits per heavy atom. The zero-order chi connectivity index (χ0) is 18.1. The zero-order valence-corrected chi connectivity index (χ0v) is 15.1. The largest absolute Gasteiger partial charge is 0.310 e. The van der Waals surface area contributed by atoms with Gasteiger partial charge >= 0.3 is 0 Å². The van der Waals surface area contributed by atoms with E-state index in [4.69, 9.17) is 0 Å². The van der Waals surface area contributed by atoms with E-state index >= 15 is 0 Å². The Morgan fingerprint density at radius 2 is 2.08 bits per heavy atom. The van der Waals surface area contributed by atoms with Crippen molar-refractivity contribution in [3.8, 4) is 0 Å². The van der Waals surface area contributed by atoms with Crippen molar-refractivity contribution in [1.29, 1.82) is 0 Å². The summed E-state index contributed by atoms with van der Waals surface area (Å²) in [7, 11) is 1.66. The number of fused-ring (bicyclic) bond motifs is 1. The minimum absolute atomic E-state index is 0.0809. The van der Waals surface area contributed by atoms with E-state index in [1.807, 2.05) is 20.8 Å². The maximum Gasteiger partial charge on any atom is 0.266 e. The molecule has 0 saturated carbocycles. The molecule has 0 unspecified atom stereocenters. The highest BCUT2D eigenvalue weighted by Crippen LogP contribution is 2.19. The van der Waals surface area contributed by atoms with Crippen molar-refractivity contribution >= 4 is 11.7 Å². The lowest BCUT2D eigenvalue weighted by Gasteiger charge is -2.32. The van der Waals surface area contributed by atoms with Gasteiger partial charge < -0.3 is 5.32 Å². The SMILES string of the molecule is CC(C)n1nccc1NC(=O)[C@H](C)N1CCc2nn(C)c(=O)cc2C1. The third-order valence-electron chi connectivity index (χ3n) is 4.61. The number of rotatable bonds is 4. The number of carbonyl (C=O) groups excluding carboxylic acids is 1. The highest BCUT2D eigenvalue weighted by Gasteiger charge is 2.27. The van der Waals surface area contributed by atoms with E-state index in [2.05, 4.69) is 20.4 Å². The fourth-order valence-electron chi connectivity index (χ4n) is 3.07. The van der Waals surface area contributed by atoms with Gasteiger partial charge in [0.25, 0.3) is 5.56 Å². The lowest BCUT2D eigenvalue weighted by atomic mass is 10.0. The number of carbonyl (C=O) groups is 1. The molecule has 0 spiro atoms. The fraction of sp³-hybridized carbons (Fsp3) is 0.529. The number of nitrogens with zero attached hydrogens (tertiary/aromatic N) is 5. The summed E-state index contributed by atoms with van der Waals surface area (Å²) in [5.74, 6) is 0.613. The van der Waals surface area contributed by atoms with E-state index in [0.717, 1.165) is 24.2 Å². The average molecular weight is 344 g/mol. The highest BCUT2D eigenvalue weighted by molar-refractivity contribution is 5.93. The summed E-state index contributed by atoms with van der Waals surface area (Å²) in [6.07, 6.45) is 2.41. The average Bonchev–Trinajstić information content (AvgIpc) is 3.03. The van der Waals surface area contributed by atoms with Gasteiger partial charge in [0.15, 0.2) is 0 Å². The van der Waals surface area contributed by atoms with Crippen LogP contribution in [-0.4, -0.2) is 43.0 Å². The molecule has 1 aliphatic heterocycles. The quantitative estimate of drug-likeness (QED) is 0.892. The van der Waals surface area contributed by atoms with Crippen LogP contribution >= 0.6 is 0 Å². The van der Waals surface area contributed by atoms with Gasteiger partial charge in [-0.25, -0.2) is 9.36 Å². The Bertz CT molecular complexity index is 838. The van der Waals surface area contributed by atoms with Gasteiger partial charge in [-0.1, -0.05) is 0 Å². The van der Waals surface area contributed by atoms with Gasteiger partial charge in [-0.15, -0.1) is 0 Å². The van der Waals surface area contributed by atoms with E-state index in [9.17, 15) is 9.59 Å². The first-order valence-corrected chi connectivity index (χ1v) is 8.51. The van der Waals surface area contributed by atoms with Crippen molar-refractivity contribution in [3.05, 3.63) is 39.9 Å². The van der Waals surface area contributed by atoms with Crippen LogP contribution in [0.3, 0.4) is 0 Å². The second kappa shape index (κ2) is 6.79.